The summed E-state index contributed by atoms with van der Waals surface area (Å²) in [6.45, 7) is 1.59. The third-order valence-electron chi connectivity index (χ3n) is 1.55. The van der Waals surface area contributed by atoms with Gasteiger partial charge in [-0.15, -0.1) is 0 Å². The van der Waals surface area contributed by atoms with Gasteiger partial charge in [0.2, 0.25) is 0 Å². The van der Waals surface area contributed by atoms with Gasteiger partial charge >= 0.3 is 0 Å². The predicted octanol–water partition coefficient (Wildman–Crippen LogP) is 0.689. The lowest BCUT2D eigenvalue weighted by atomic mass is 10.3. The molecule has 44 valence electrons. The molecule has 0 bridgehead atoms. The maximum Gasteiger partial charge on any atom is 0.123 e. The highest BCUT2D eigenvalue weighted by Crippen LogP contribution is 2.24. The summed E-state index contributed by atoms with van der Waals surface area (Å²) in [5.74, 6) is 1.06. The Kier molecular flexibility index (Phi) is 0.815. The van der Waals surface area contributed by atoms with Crippen LogP contribution in [-0.4, -0.2) is 19.3 Å². The van der Waals surface area contributed by atoms with Crippen LogP contribution in [0.15, 0.2) is 11.8 Å². The van der Waals surface area contributed by atoms with Gasteiger partial charge in [0.05, 0.1) is 13.2 Å². The maximum absolute atomic E-state index is 5.26. The molecule has 0 amide bonds. The molecular weight excluding hydrogens is 104 g/mol. The summed E-state index contributed by atoms with van der Waals surface area (Å²) in [5, 5.41) is 0. The van der Waals surface area contributed by atoms with Gasteiger partial charge in [-0.05, 0) is 6.08 Å². The van der Waals surface area contributed by atoms with Crippen LogP contribution in [0.2, 0.25) is 0 Å². The van der Waals surface area contributed by atoms with Crippen LogP contribution in [0.3, 0.4) is 0 Å². The van der Waals surface area contributed by atoms with E-state index in [0.29, 0.717) is 6.10 Å². The van der Waals surface area contributed by atoms with Crippen molar-refractivity contribution < 1.29 is 9.47 Å². The third kappa shape index (κ3) is 0.464. The van der Waals surface area contributed by atoms with Gasteiger partial charge < -0.3 is 9.47 Å². The first-order chi connectivity index (χ1) is 3.97. The average molecular weight is 112 g/mol. The molecule has 2 heteroatoms. The van der Waals surface area contributed by atoms with E-state index in [-0.39, 0.29) is 0 Å². The van der Waals surface area contributed by atoms with Crippen LogP contribution in [0.4, 0.5) is 0 Å². The van der Waals surface area contributed by atoms with Gasteiger partial charge in [-0.2, -0.15) is 0 Å². The largest absolute Gasteiger partial charge is 0.495 e. The van der Waals surface area contributed by atoms with E-state index in [0.717, 1.165) is 25.4 Å². The van der Waals surface area contributed by atoms with E-state index in [4.69, 9.17) is 9.47 Å². The molecule has 0 N–H and O–H groups in total. The minimum atomic E-state index is 0.315. The van der Waals surface area contributed by atoms with Crippen molar-refractivity contribution in [1.82, 2.24) is 0 Å². The van der Waals surface area contributed by atoms with Crippen molar-refractivity contribution in [2.24, 2.45) is 0 Å². The molecule has 2 heterocycles. The van der Waals surface area contributed by atoms with Crippen molar-refractivity contribution in [2.75, 3.05) is 13.2 Å². The zero-order chi connectivity index (χ0) is 5.40. The first kappa shape index (κ1) is 4.39. The fourth-order valence-corrected chi connectivity index (χ4v) is 1.12. The summed E-state index contributed by atoms with van der Waals surface area (Å²) in [4.78, 5) is 0. The number of rotatable bonds is 0. The molecule has 0 aliphatic carbocycles. The van der Waals surface area contributed by atoms with Gasteiger partial charge in [-0.1, -0.05) is 0 Å². The monoisotopic (exact) mass is 112 g/mol. The molecule has 1 saturated heterocycles. The van der Waals surface area contributed by atoms with Crippen molar-refractivity contribution in [3.05, 3.63) is 11.8 Å². The van der Waals surface area contributed by atoms with Gasteiger partial charge in [0.15, 0.2) is 0 Å². The van der Waals surface area contributed by atoms with Crippen LogP contribution in [0.1, 0.15) is 6.42 Å². The Labute approximate surface area is 48.1 Å². The zero-order valence-electron chi connectivity index (χ0n) is 4.59. The molecule has 0 aromatic carbocycles. The van der Waals surface area contributed by atoms with Crippen LogP contribution in [0.25, 0.3) is 0 Å². The van der Waals surface area contributed by atoms with Crippen LogP contribution in [-0.2, 0) is 9.47 Å². The summed E-state index contributed by atoms with van der Waals surface area (Å²) in [6.07, 6.45) is 3.37. The van der Waals surface area contributed by atoms with Gasteiger partial charge in [-0.3, -0.25) is 0 Å². The van der Waals surface area contributed by atoms with E-state index in [1.165, 1.54) is 0 Å². The Hall–Kier alpha value is -0.500. The van der Waals surface area contributed by atoms with Crippen LogP contribution in [0.5, 0.6) is 0 Å². The SMILES string of the molecule is C1=C2OCC[C@H]2OC1. The van der Waals surface area contributed by atoms with Crippen molar-refractivity contribution in [3.8, 4) is 0 Å². The van der Waals surface area contributed by atoms with E-state index in [1.807, 2.05) is 6.08 Å². The van der Waals surface area contributed by atoms with E-state index < -0.39 is 0 Å². The lowest BCUT2D eigenvalue weighted by Crippen LogP contribution is -2.02. The first-order valence-electron chi connectivity index (χ1n) is 2.91. The van der Waals surface area contributed by atoms with Crippen LogP contribution >= 0.6 is 0 Å². The quantitative estimate of drug-likeness (QED) is 0.459. The second kappa shape index (κ2) is 1.49. The van der Waals surface area contributed by atoms with Crippen molar-refractivity contribution >= 4 is 0 Å². The number of hydrogen-bond acceptors (Lipinski definition) is 2. The van der Waals surface area contributed by atoms with Crippen molar-refractivity contribution in [3.63, 3.8) is 0 Å². The molecule has 1 fully saturated rings. The van der Waals surface area contributed by atoms with E-state index in [2.05, 4.69) is 0 Å². The first-order valence-corrected chi connectivity index (χ1v) is 2.91. The molecule has 2 nitrogen and oxygen atoms in total. The lowest BCUT2D eigenvalue weighted by Gasteiger charge is -1.98. The minimum absolute atomic E-state index is 0.315. The highest BCUT2D eigenvalue weighted by molar-refractivity contribution is 5.08. The van der Waals surface area contributed by atoms with Gasteiger partial charge in [0.25, 0.3) is 0 Å². The molecule has 1 atom stereocenters. The topological polar surface area (TPSA) is 18.5 Å². The second-order valence-electron chi connectivity index (χ2n) is 2.07. The second-order valence-corrected chi connectivity index (χ2v) is 2.07. The van der Waals surface area contributed by atoms with Crippen LogP contribution < -0.4 is 0 Å². The molecule has 2 aliphatic heterocycles. The minimum Gasteiger partial charge on any atom is -0.495 e. The number of fused-ring (bicyclic) bond motifs is 1. The Balaban J connectivity index is 2.20. The van der Waals surface area contributed by atoms with Crippen LogP contribution in [0, 0.1) is 0 Å². The fraction of sp³-hybridized carbons (Fsp3) is 0.667. The van der Waals surface area contributed by atoms with Gasteiger partial charge in [0.1, 0.15) is 11.9 Å². The van der Waals surface area contributed by atoms with E-state index in [1.54, 1.807) is 0 Å². The molecule has 8 heavy (non-hydrogen) atoms. The standard InChI is InChI=1S/C6H8O2/c1-3-7-6-2-4-8-5(1)6/h1,6H,2-4H2/t6-/m1/s1. The lowest BCUT2D eigenvalue weighted by molar-refractivity contribution is 0.123. The number of ether oxygens (including phenoxy) is 2. The van der Waals surface area contributed by atoms with E-state index in [9.17, 15) is 0 Å². The van der Waals surface area contributed by atoms with Crippen molar-refractivity contribution in [1.29, 1.82) is 0 Å². The average Bonchev–Trinajstić information content (AvgIpc) is 2.15. The molecule has 0 radical (unpaired) electrons. The molecular formula is C6H8O2. The van der Waals surface area contributed by atoms with E-state index >= 15 is 0 Å². The molecule has 0 unspecified atom stereocenters. The molecule has 2 aliphatic rings. The molecule has 0 spiro atoms. The summed E-state index contributed by atoms with van der Waals surface area (Å²) in [7, 11) is 0. The normalized spacial score (nSPS) is 34.0. The van der Waals surface area contributed by atoms with Gasteiger partial charge in [0, 0.05) is 6.42 Å². The summed E-state index contributed by atoms with van der Waals surface area (Å²) < 4.78 is 10.5. The smallest absolute Gasteiger partial charge is 0.123 e. The fourth-order valence-electron chi connectivity index (χ4n) is 1.12. The molecule has 0 aromatic heterocycles. The Morgan fingerprint density at radius 3 is 3.50 bits per heavy atom. The Bertz CT molecular complexity index is 128. The summed E-state index contributed by atoms with van der Waals surface area (Å²) >= 11 is 0. The van der Waals surface area contributed by atoms with Crippen molar-refractivity contribution in [2.45, 2.75) is 12.5 Å². The Morgan fingerprint density at radius 1 is 1.62 bits per heavy atom. The highest BCUT2D eigenvalue weighted by Gasteiger charge is 2.26. The Morgan fingerprint density at radius 2 is 2.62 bits per heavy atom. The van der Waals surface area contributed by atoms with Gasteiger partial charge in [-0.25, -0.2) is 0 Å². The third-order valence-corrected chi connectivity index (χ3v) is 1.55. The molecule has 0 aromatic rings. The number of hydrogen-bond donors (Lipinski definition) is 0. The zero-order valence-corrected chi connectivity index (χ0v) is 4.59. The predicted molar refractivity (Wildman–Crippen MR) is 28.4 cm³/mol. The highest BCUT2D eigenvalue weighted by atomic mass is 16.6. The molecule has 2 rings (SSSR count). The molecule has 0 saturated carbocycles. The maximum atomic E-state index is 5.26. The summed E-state index contributed by atoms with van der Waals surface area (Å²) in [6, 6.07) is 0. The summed E-state index contributed by atoms with van der Waals surface area (Å²) in [5.41, 5.74) is 0.